The van der Waals surface area contributed by atoms with Gasteiger partial charge in [0.25, 0.3) is 5.56 Å². The van der Waals surface area contributed by atoms with Crippen LogP contribution in [-0.4, -0.2) is 27.9 Å². The van der Waals surface area contributed by atoms with Gasteiger partial charge in [-0.1, -0.05) is 47.6 Å². The summed E-state index contributed by atoms with van der Waals surface area (Å²) in [6.07, 6.45) is 0.712. The van der Waals surface area contributed by atoms with Gasteiger partial charge in [-0.05, 0) is 36.2 Å². The summed E-state index contributed by atoms with van der Waals surface area (Å²) in [5.41, 5.74) is 1.32. The molecule has 1 heterocycles. The molecule has 0 bridgehead atoms. The van der Waals surface area contributed by atoms with Crippen LogP contribution in [0.25, 0.3) is 10.9 Å². The van der Waals surface area contributed by atoms with Crippen molar-refractivity contribution in [2.75, 3.05) is 18.1 Å². The third kappa shape index (κ3) is 4.36. The molecule has 0 spiro atoms. The van der Waals surface area contributed by atoms with Crippen LogP contribution in [0.4, 0.5) is 0 Å². The maximum absolute atomic E-state index is 12.2. The van der Waals surface area contributed by atoms with E-state index in [1.54, 1.807) is 24.3 Å². The van der Waals surface area contributed by atoms with E-state index in [9.17, 15) is 9.59 Å². The van der Waals surface area contributed by atoms with Gasteiger partial charge in [0, 0.05) is 11.6 Å². The average molecular weight is 389 g/mol. The molecule has 0 atom stereocenters. The predicted molar refractivity (Wildman–Crippen MR) is 105 cm³/mol. The first-order chi connectivity index (χ1) is 12.5. The molecule has 1 amide bonds. The summed E-state index contributed by atoms with van der Waals surface area (Å²) >= 11 is 6.97. The van der Waals surface area contributed by atoms with Crippen molar-refractivity contribution in [3.8, 4) is 0 Å². The summed E-state index contributed by atoms with van der Waals surface area (Å²) in [5.74, 6) is 5.78. The fourth-order valence-corrected chi connectivity index (χ4v) is 3.28. The SMILES string of the molecule is Nn1c(SCC(=O)NCCc2ccc(Cl)cc2)nc2ccccc2c1=O. The minimum atomic E-state index is -0.332. The highest BCUT2D eigenvalue weighted by Gasteiger charge is 2.11. The Labute approximate surface area is 159 Å². The van der Waals surface area contributed by atoms with Crippen LogP contribution in [0, 0.1) is 0 Å². The van der Waals surface area contributed by atoms with E-state index in [2.05, 4.69) is 10.3 Å². The molecule has 1 aromatic heterocycles. The lowest BCUT2D eigenvalue weighted by atomic mass is 10.1. The molecule has 0 radical (unpaired) electrons. The molecule has 6 nitrogen and oxygen atoms in total. The molecular weight excluding hydrogens is 372 g/mol. The Morgan fingerprint density at radius 2 is 1.92 bits per heavy atom. The molecule has 3 aromatic rings. The number of nitrogens with zero attached hydrogens (tertiary/aromatic N) is 2. The van der Waals surface area contributed by atoms with Crippen molar-refractivity contribution in [2.24, 2.45) is 0 Å². The lowest BCUT2D eigenvalue weighted by Crippen LogP contribution is -2.31. The number of hydrogen-bond acceptors (Lipinski definition) is 5. The fraction of sp³-hybridized carbons (Fsp3) is 0.167. The lowest BCUT2D eigenvalue weighted by molar-refractivity contribution is -0.118. The van der Waals surface area contributed by atoms with Gasteiger partial charge in [-0.15, -0.1) is 0 Å². The quantitative estimate of drug-likeness (QED) is 0.384. The number of hydrogen-bond donors (Lipinski definition) is 2. The molecule has 3 rings (SSSR count). The molecule has 26 heavy (non-hydrogen) atoms. The molecular formula is C18H17ClN4O2S. The molecule has 0 aliphatic carbocycles. The fourth-order valence-electron chi connectivity index (χ4n) is 2.41. The summed E-state index contributed by atoms with van der Waals surface area (Å²) in [6.45, 7) is 0.515. The monoisotopic (exact) mass is 388 g/mol. The van der Waals surface area contributed by atoms with Crippen LogP contribution in [0.5, 0.6) is 0 Å². The molecule has 0 aliphatic rings. The first-order valence-corrected chi connectivity index (χ1v) is 9.32. The topological polar surface area (TPSA) is 90.0 Å². The summed E-state index contributed by atoms with van der Waals surface area (Å²) in [5, 5.41) is 4.28. The molecule has 0 saturated heterocycles. The zero-order valence-corrected chi connectivity index (χ0v) is 15.4. The number of nitrogens with one attached hydrogen (secondary N) is 1. The Kier molecular flexibility index (Phi) is 5.80. The largest absolute Gasteiger partial charge is 0.355 e. The van der Waals surface area contributed by atoms with Crippen LogP contribution < -0.4 is 16.7 Å². The van der Waals surface area contributed by atoms with Crippen molar-refractivity contribution < 1.29 is 4.79 Å². The Hall–Kier alpha value is -2.51. The zero-order valence-electron chi connectivity index (χ0n) is 13.8. The highest BCUT2D eigenvalue weighted by molar-refractivity contribution is 7.99. The number of nitrogen functional groups attached to an aromatic ring is 1. The number of fused-ring (bicyclic) bond motifs is 1. The highest BCUT2D eigenvalue weighted by Crippen LogP contribution is 2.15. The molecule has 0 saturated carbocycles. The van der Waals surface area contributed by atoms with Gasteiger partial charge in [-0.25, -0.2) is 9.66 Å². The van der Waals surface area contributed by atoms with Gasteiger partial charge in [0.15, 0.2) is 5.16 Å². The van der Waals surface area contributed by atoms with Crippen molar-refractivity contribution in [3.63, 3.8) is 0 Å². The number of nitrogens with two attached hydrogens (primary N) is 1. The molecule has 134 valence electrons. The number of rotatable bonds is 6. The number of amides is 1. The third-order valence-electron chi connectivity index (χ3n) is 3.76. The molecule has 2 aromatic carbocycles. The maximum Gasteiger partial charge on any atom is 0.280 e. The Balaban J connectivity index is 1.56. The van der Waals surface area contributed by atoms with E-state index >= 15 is 0 Å². The lowest BCUT2D eigenvalue weighted by Gasteiger charge is -2.09. The molecule has 8 heteroatoms. The van der Waals surface area contributed by atoms with Gasteiger partial charge in [0.1, 0.15) is 0 Å². The van der Waals surface area contributed by atoms with Crippen LogP contribution in [0.1, 0.15) is 5.56 Å². The van der Waals surface area contributed by atoms with Gasteiger partial charge in [0.05, 0.1) is 16.7 Å². The van der Waals surface area contributed by atoms with Crippen LogP contribution in [-0.2, 0) is 11.2 Å². The number of benzene rings is 2. The van der Waals surface area contributed by atoms with E-state index in [-0.39, 0.29) is 17.2 Å². The van der Waals surface area contributed by atoms with Crippen molar-refractivity contribution in [3.05, 3.63) is 69.5 Å². The predicted octanol–water partition coefficient (Wildman–Crippen LogP) is 2.21. The van der Waals surface area contributed by atoms with Crippen LogP contribution in [0.15, 0.2) is 58.5 Å². The normalized spacial score (nSPS) is 10.8. The number of para-hydroxylation sites is 1. The van der Waals surface area contributed by atoms with Crippen molar-refractivity contribution >= 4 is 40.2 Å². The smallest absolute Gasteiger partial charge is 0.280 e. The van der Waals surface area contributed by atoms with E-state index in [0.717, 1.165) is 22.0 Å². The van der Waals surface area contributed by atoms with Gasteiger partial charge in [-0.2, -0.15) is 0 Å². The second-order valence-electron chi connectivity index (χ2n) is 5.60. The van der Waals surface area contributed by atoms with Gasteiger partial charge >= 0.3 is 0 Å². The second kappa shape index (κ2) is 8.25. The minimum absolute atomic E-state index is 0.128. The highest BCUT2D eigenvalue weighted by atomic mass is 35.5. The summed E-state index contributed by atoms with van der Waals surface area (Å²) in [7, 11) is 0. The van der Waals surface area contributed by atoms with Crippen LogP contribution >= 0.6 is 23.4 Å². The number of thioether (sulfide) groups is 1. The average Bonchev–Trinajstić information content (AvgIpc) is 2.65. The Morgan fingerprint density at radius 3 is 2.69 bits per heavy atom. The van der Waals surface area contributed by atoms with E-state index in [1.165, 1.54) is 0 Å². The summed E-state index contributed by atoms with van der Waals surface area (Å²) < 4.78 is 0.980. The Morgan fingerprint density at radius 1 is 1.19 bits per heavy atom. The van der Waals surface area contributed by atoms with Crippen LogP contribution in [0.2, 0.25) is 5.02 Å². The molecule has 0 aliphatic heterocycles. The van der Waals surface area contributed by atoms with Crippen molar-refractivity contribution in [1.82, 2.24) is 15.0 Å². The summed E-state index contributed by atoms with van der Waals surface area (Å²) in [6, 6.07) is 14.5. The summed E-state index contributed by atoms with van der Waals surface area (Å²) in [4.78, 5) is 28.6. The number of carbonyl (C=O) groups is 1. The van der Waals surface area contributed by atoms with E-state index in [1.807, 2.05) is 24.3 Å². The third-order valence-corrected chi connectivity index (χ3v) is 4.96. The second-order valence-corrected chi connectivity index (χ2v) is 6.98. The number of aromatic nitrogens is 2. The van der Waals surface area contributed by atoms with Crippen LogP contribution in [0.3, 0.4) is 0 Å². The first-order valence-electron chi connectivity index (χ1n) is 7.95. The number of carbonyl (C=O) groups excluding carboxylic acids is 1. The molecule has 3 N–H and O–H groups in total. The zero-order chi connectivity index (χ0) is 18.5. The van der Waals surface area contributed by atoms with E-state index in [4.69, 9.17) is 17.4 Å². The Bertz CT molecular complexity index is 989. The maximum atomic E-state index is 12.2. The van der Waals surface area contributed by atoms with Crippen molar-refractivity contribution in [2.45, 2.75) is 11.6 Å². The van der Waals surface area contributed by atoms with Gasteiger partial charge < -0.3 is 11.2 Å². The first kappa shape index (κ1) is 18.3. The van der Waals surface area contributed by atoms with Crippen molar-refractivity contribution in [1.29, 1.82) is 0 Å². The van der Waals surface area contributed by atoms with Gasteiger partial charge in [-0.3, -0.25) is 9.59 Å². The molecule has 0 unspecified atom stereocenters. The molecule has 0 fully saturated rings. The van der Waals surface area contributed by atoms with E-state index in [0.29, 0.717) is 34.0 Å². The van der Waals surface area contributed by atoms with E-state index < -0.39 is 0 Å². The minimum Gasteiger partial charge on any atom is -0.355 e. The standard InChI is InChI=1S/C18H17ClN4O2S/c19-13-7-5-12(6-8-13)9-10-21-16(24)11-26-18-22-15-4-2-1-3-14(15)17(25)23(18)20/h1-8H,9-11,20H2,(H,21,24). The van der Waals surface area contributed by atoms with Gasteiger partial charge in [0.2, 0.25) is 5.91 Å². The number of halogens is 1.